The molecular weight excluding hydrogens is 204 g/mol. The summed E-state index contributed by atoms with van der Waals surface area (Å²) in [5.41, 5.74) is -0.612. The zero-order chi connectivity index (χ0) is 11.8. The van der Waals surface area contributed by atoms with E-state index < -0.39 is 11.5 Å². The predicted octanol–water partition coefficient (Wildman–Crippen LogP) is 0.781. The van der Waals surface area contributed by atoms with Gasteiger partial charge >= 0.3 is 5.97 Å². The molecule has 0 aromatic carbocycles. The zero-order valence-electron chi connectivity index (χ0n) is 10.2. The maximum atomic E-state index is 11.5. The van der Waals surface area contributed by atoms with Gasteiger partial charge in [-0.25, -0.2) is 0 Å². The summed E-state index contributed by atoms with van der Waals surface area (Å²) in [5.74, 6) is 0.364. The molecule has 2 fully saturated rings. The molecule has 2 aliphatic rings. The first-order valence-corrected chi connectivity index (χ1v) is 6.18. The molecule has 4 heteroatoms. The quantitative estimate of drug-likeness (QED) is 0.727. The van der Waals surface area contributed by atoms with Crippen molar-refractivity contribution in [2.45, 2.75) is 31.2 Å². The SMILES string of the molecule is CN(C)CCNC1(C(=O)O)CC2CCC1C2. The lowest BCUT2D eigenvalue weighted by Gasteiger charge is -2.35. The smallest absolute Gasteiger partial charge is 0.324 e. The number of likely N-dealkylation sites (N-methyl/N-ethyl adjacent to an activating group) is 1. The van der Waals surface area contributed by atoms with E-state index in [9.17, 15) is 9.90 Å². The van der Waals surface area contributed by atoms with Crippen molar-refractivity contribution in [3.63, 3.8) is 0 Å². The minimum absolute atomic E-state index is 0.358. The van der Waals surface area contributed by atoms with Gasteiger partial charge in [-0.15, -0.1) is 0 Å². The van der Waals surface area contributed by atoms with Gasteiger partial charge in [-0.3, -0.25) is 4.79 Å². The fourth-order valence-corrected chi connectivity index (χ4v) is 3.39. The molecule has 2 bridgehead atoms. The van der Waals surface area contributed by atoms with E-state index >= 15 is 0 Å². The Hall–Kier alpha value is -0.610. The van der Waals surface area contributed by atoms with E-state index in [2.05, 4.69) is 10.2 Å². The van der Waals surface area contributed by atoms with Crippen LogP contribution in [-0.2, 0) is 4.79 Å². The second kappa shape index (κ2) is 4.34. The summed E-state index contributed by atoms with van der Waals surface area (Å²) in [4.78, 5) is 13.6. The maximum absolute atomic E-state index is 11.5. The van der Waals surface area contributed by atoms with Crippen LogP contribution in [-0.4, -0.2) is 48.7 Å². The van der Waals surface area contributed by atoms with Crippen molar-refractivity contribution in [2.24, 2.45) is 11.8 Å². The molecule has 92 valence electrons. The van der Waals surface area contributed by atoms with E-state index in [4.69, 9.17) is 0 Å². The van der Waals surface area contributed by atoms with Crippen LogP contribution >= 0.6 is 0 Å². The van der Waals surface area contributed by atoms with E-state index in [1.807, 2.05) is 14.1 Å². The minimum Gasteiger partial charge on any atom is -0.480 e. The zero-order valence-corrected chi connectivity index (χ0v) is 10.2. The van der Waals surface area contributed by atoms with Crippen LogP contribution in [0, 0.1) is 11.8 Å². The predicted molar refractivity (Wildman–Crippen MR) is 62.4 cm³/mol. The second-order valence-corrected chi connectivity index (χ2v) is 5.59. The van der Waals surface area contributed by atoms with Crippen LogP contribution < -0.4 is 5.32 Å². The summed E-state index contributed by atoms with van der Waals surface area (Å²) in [5, 5.41) is 12.8. The summed E-state index contributed by atoms with van der Waals surface area (Å²) < 4.78 is 0. The average molecular weight is 226 g/mol. The molecule has 0 aromatic heterocycles. The number of hydrogen-bond acceptors (Lipinski definition) is 3. The highest BCUT2D eigenvalue weighted by Crippen LogP contribution is 2.50. The summed E-state index contributed by atoms with van der Waals surface area (Å²) in [7, 11) is 4.02. The number of nitrogens with zero attached hydrogens (tertiary/aromatic N) is 1. The van der Waals surface area contributed by atoms with Gasteiger partial charge in [-0.05, 0) is 45.2 Å². The monoisotopic (exact) mass is 226 g/mol. The minimum atomic E-state index is -0.640. The largest absolute Gasteiger partial charge is 0.480 e. The Kier molecular flexibility index (Phi) is 3.22. The molecule has 0 saturated heterocycles. The molecule has 2 saturated carbocycles. The van der Waals surface area contributed by atoms with Crippen molar-refractivity contribution in [1.29, 1.82) is 0 Å². The molecule has 0 radical (unpaired) electrons. The first-order chi connectivity index (χ1) is 7.54. The number of fused-ring (bicyclic) bond motifs is 2. The first kappa shape index (κ1) is 11.9. The van der Waals surface area contributed by atoms with Crippen molar-refractivity contribution in [3.8, 4) is 0 Å². The third-order valence-corrected chi connectivity index (χ3v) is 4.23. The van der Waals surface area contributed by atoms with Gasteiger partial charge in [0.15, 0.2) is 0 Å². The average Bonchev–Trinajstić information content (AvgIpc) is 2.76. The molecule has 0 heterocycles. The van der Waals surface area contributed by atoms with Crippen molar-refractivity contribution in [1.82, 2.24) is 10.2 Å². The number of aliphatic carboxylic acids is 1. The van der Waals surface area contributed by atoms with E-state index in [1.54, 1.807) is 0 Å². The highest BCUT2D eigenvalue weighted by atomic mass is 16.4. The third-order valence-electron chi connectivity index (χ3n) is 4.23. The number of carbonyl (C=O) groups is 1. The maximum Gasteiger partial charge on any atom is 0.324 e. The Labute approximate surface area is 97.0 Å². The third kappa shape index (κ3) is 1.96. The van der Waals surface area contributed by atoms with Crippen LogP contribution in [0.1, 0.15) is 25.7 Å². The molecule has 3 atom stereocenters. The van der Waals surface area contributed by atoms with E-state index in [1.165, 1.54) is 6.42 Å². The topological polar surface area (TPSA) is 52.6 Å². The molecule has 0 spiro atoms. The molecule has 0 aliphatic heterocycles. The lowest BCUT2D eigenvalue weighted by molar-refractivity contribution is -0.147. The standard InChI is InChI=1S/C12H22N2O2/c1-14(2)6-5-13-12(11(15)16)8-9-3-4-10(12)7-9/h9-10,13H,3-8H2,1-2H3,(H,15,16). The van der Waals surface area contributed by atoms with Crippen molar-refractivity contribution in [2.75, 3.05) is 27.2 Å². The Morgan fingerprint density at radius 2 is 2.25 bits per heavy atom. The van der Waals surface area contributed by atoms with Crippen LogP contribution in [0.2, 0.25) is 0 Å². The first-order valence-electron chi connectivity index (χ1n) is 6.18. The molecule has 2 N–H and O–H groups in total. The molecule has 0 aromatic rings. The van der Waals surface area contributed by atoms with Crippen molar-refractivity contribution >= 4 is 5.97 Å². The van der Waals surface area contributed by atoms with Crippen LogP contribution in [0.15, 0.2) is 0 Å². The second-order valence-electron chi connectivity index (χ2n) is 5.59. The normalized spacial score (nSPS) is 37.2. The number of carboxylic acids is 1. The molecule has 3 unspecified atom stereocenters. The highest BCUT2D eigenvalue weighted by molar-refractivity contribution is 5.80. The van der Waals surface area contributed by atoms with Gasteiger partial charge in [0.05, 0.1) is 0 Å². The van der Waals surface area contributed by atoms with Gasteiger partial charge in [-0.2, -0.15) is 0 Å². The molecular formula is C12H22N2O2. The van der Waals surface area contributed by atoms with Gasteiger partial charge in [0.25, 0.3) is 0 Å². The Morgan fingerprint density at radius 1 is 1.50 bits per heavy atom. The highest BCUT2D eigenvalue weighted by Gasteiger charge is 2.55. The van der Waals surface area contributed by atoms with Crippen molar-refractivity contribution in [3.05, 3.63) is 0 Å². The van der Waals surface area contributed by atoms with E-state index in [0.717, 1.165) is 32.4 Å². The Morgan fingerprint density at radius 3 is 2.69 bits per heavy atom. The number of nitrogens with one attached hydrogen (secondary N) is 1. The number of hydrogen-bond donors (Lipinski definition) is 2. The fraction of sp³-hybridized carbons (Fsp3) is 0.917. The molecule has 2 aliphatic carbocycles. The summed E-state index contributed by atoms with van der Waals surface area (Å²) in [6.45, 7) is 1.66. The van der Waals surface area contributed by atoms with E-state index in [0.29, 0.717) is 11.8 Å². The van der Waals surface area contributed by atoms with Gasteiger partial charge in [0.1, 0.15) is 5.54 Å². The van der Waals surface area contributed by atoms with Gasteiger partial charge in [0, 0.05) is 13.1 Å². The van der Waals surface area contributed by atoms with Crippen LogP contribution in [0.25, 0.3) is 0 Å². The molecule has 16 heavy (non-hydrogen) atoms. The van der Waals surface area contributed by atoms with Gasteiger partial charge in [0.2, 0.25) is 0 Å². The molecule has 0 amide bonds. The summed E-state index contributed by atoms with van der Waals surface area (Å²) in [6.07, 6.45) is 4.27. The van der Waals surface area contributed by atoms with Crippen LogP contribution in [0.5, 0.6) is 0 Å². The van der Waals surface area contributed by atoms with Crippen molar-refractivity contribution < 1.29 is 9.90 Å². The summed E-state index contributed by atoms with van der Waals surface area (Å²) >= 11 is 0. The lowest BCUT2D eigenvalue weighted by Crippen LogP contribution is -2.57. The summed E-state index contributed by atoms with van der Waals surface area (Å²) in [6, 6.07) is 0. The van der Waals surface area contributed by atoms with Gasteiger partial charge in [-0.1, -0.05) is 6.42 Å². The number of rotatable bonds is 5. The molecule has 4 nitrogen and oxygen atoms in total. The lowest BCUT2D eigenvalue weighted by atomic mass is 9.81. The number of carboxylic acid groups (broad SMARTS) is 1. The Balaban J connectivity index is 1.98. The Bertz CT molecular complexity index is 280. The van der Waals surface area contributed by atoms with Crippen LogP contribution in [0.4, 0.5) is 0 Å². The van der Waals surface area contributed by atoms with E-state index in [-0.39, 0.29) is 0 Å². The van der Waals surface area contributed by atoms with Gasteiger partial charge < -0.3 is 15.3 Å². The van der Waals surface area contributed by atoms with Crippen LogP contribution in [0.3, 0.4) is 0 Å². The molecule has 2 rings (SSSR count). The fourth-order valence-electron chi connectivity index (χ4n) is 3.39.